The molecule has 0 aromatic heterocycles. The Labute approximate surface area is 204 Å². The van der Waals surface area contributed by atoms with Gasteiger partial charge in [0.2, 0.25) is 0 Å². The van der Waals surface area contributed by atoms with Gasteiger partial charge in [-0.15, -0.1) is 0 Å². The zero-order valence-corrected chi connectivity index (χ0v) is 21.4. The van der Waals surface area contributed by atoms with Crippen LogP contribution in [0.25, 0.3) is 0 Å². The number of benzene rings is 2. The lowest BCUT2D eigenvalue weighted by molar-refractivity contribution is -0.0452. The molecule has 2 aromatic rings. The zero-order valence-electron chi connectivity index (χ0n) is 21.4. The number of aliphatic hydroxyl groups is 2. The molecule has 0 aliphatic carbocycles. The molecule has 2 aromatic carbocycles. The molecule has 0 fully saturated rings. The van der Waals surface area contributed by atoms with Crippen LogP contribution in [-0.4, -0.2) is 44.6 Å². The van der Waals surface area contributed by atoms with Crippen LogP contribution >= 0.6 is 0 Å². The second kappa shape index (κ2) is 16.0. The molecule has 0 aliphatic rings. The van der Waals surface area contributed by atoms with Crippen LogP contribution in [-0.2, 0) is 0 Å². The van der Waals surface area contributed by atoms with E-state index in [1.165, 1.54) is 0 Å². The van der Waals surface area contributed by atoms with Crippen molar-refractivity contribution in [1.29, 1.82) is 0 Å². The van der Waals surface area contributed by atoms with Gasteiger partial charge in [0, 0.05) is 0 Å². The van der Waals surface area contributed by atoms with E-state index in [1.807, 2.05) is 20.8 Å². The van der Waals surface area contributed by atoms with Crippen LogP contribution in [0.2, 0.25) is 0 Å². The molecule has 0 spiro atoms. The van der Waals surface area contributed by atoms with E-state index in [0.717, 1.165) is 0 Å². The van der Waals surface area contributed by atoms with Gasteiger partial charge in [-0.05, 0) is 60.8 Å². The van der Waals surface area contributed by atoms with E-state index < -0.39 is 11.9 Å². The molecule has 4 atom stereocenters. The van der Waals surface area contributed by atoms with Crippen molar-refractivity contribution >= 4 is 11.9 Å². The highest BCUT2D eigenvalue weighted by atomic mass is 16.4. The number of aliphatic hydroxyl groups excluding tert-OH is 2. The molecule has 0 heterocycles. The number of carboxylic acid groups (broad SMARTS) is 2. The van der Waals surface area contributed by atoms with Crippen LogP contribution < -0.4 is 0 Å². The fourth-order valence-electron chi connectivity index (χ4n) is 4.00. The first-order valence-electron chi connectivity index (χ1n) is 11.7. The Morgan fingerprint density at radius 1 is 0.559 bits per heavy atom. The molecule has 0 amide bonds. The van der Waals surface area contributed by atoms with Gasteiger partial charge in [0.05, 0.1) is 23.3 Å². The van der Waals surface area contributed by atoms with Gasteiger partial charge in [-0.25, -0.2) is 9.59 Å². The van der Waals surface area contributed by atoms with Gasteiger partial charge in [0.1, 0.15) is 0 Å². The summed E-state index contributed by atoms with van der Waals surface area (Å²) in [6.45, 7) is 14.4. The Morgan fingerprint density at radius 3 is 1.06 bits per heavy atom. The molecular formula is C28H42O6. The summed E-state index contributed by atoms with van der Waals surface area (Å²) in [7, 11) is 0. The quantitative estimate of drug-likeness (QED) is 0.390. The van der Waals surface area contributed by atoms with E-state index in [0.29, 0.717) is 23.0 Å². The lowest BCUT2D eigenvalue weighted by atomic mass is 9.69. The summed E-state index contributed by atoms with van der Waals surface area (Å²) in [5, 5.41) is 37.0. The smallest absolute Gasteiger partial charge is 0.335 e. The summed E-state index contributed by atoms with van der Waals surface area (Å²) in [5.41, 5.74) is 0.662. The van der Waals surface area contributed by atoms with Crippen LogP contribution in [0.15, 0.2) is 60.7 Å². The predicted molar refractivity (Wildman–Crippen MR) is 136 cm³/mol. The number of aromatic carboxylic acids is 2. The van der Waals surface area contributed by atoms with Crippen molar-refractivity contribution < 1.29 is 30.0 Å². The van der Waals surface area contributed by atoms with Gasteiger partial charge in [-0.2, -0.15) is 0 Å². The average molecular weight is 475 g/mol. The first kappa shape index (κ1) is 31.3. The molecule has 0 saturated heterocycles. The van der Waals surface area contributed by atoms with E-state index in [2.05, 4.69) is 27.7 Å². The number of hydrogen-bond acceptors (Lipinski definition) is 4. The SMILES string of the molecule is CC(C)C(O)C(C(C)C)C(C(C)C)C(C)O.O=C(O)c1ccccc1.O=C(O)c1ccccc1. The van der Waals surface area contributed by atoms with Crippen LogP contribution in [0.4, 0.5) is 0 Å². The minimum absolute atomic E-state index is 0.164. The van der Waals surface area contributed by atoms with Gasteiger partial charge in [-0.1, -0.05) is 77.9 Å². The summed E-state index contributed by atoms with van der Waals surface area (Å²) in [6.07, 6.45) is -0.692. The lowest BCUT2D eigenvalue weighted by Gasteiger charge is -2.39. The Hall–Kier alpha value is -2.70. The van der Waals surface area contributed by atoms with Crippen LogP contribution in [0.1, 0.15) is 69.2 Å². The van der Waals surface area contributed by atoms with Gasteiger partial charge in [0.25, 0.3) is 0 Å². The molecular weight excluding hydrogens is 432 g/mol. The molecule has 0 saturated carbocycles. The van der Waals surface area contributed by atoms with E-state index in [-0.39, 0.29) is 30.0 Å². The molecule has 6 nitrogen and oxygen atoms in total. The first-order chi connectivity index (χ1) is 15.8. The highest BCUT2D eigenvalue weighted by molar-refractivity contribution is 5.87. The molecule has 4 unspecified atom stereocenters. The summed E-state index contributed by atoms with van der Waals surface area (Å²) in [4.78, 5) is 20.4. The van der Waals surface area contributed by atoms with E-state index in [1.54, 1.807) is 60.7 Å². The van der Waals surface area contributed by atoms with Crippen molar-refractivity contribution in [3.8, 4) is 0 Å². The fraction of sp³-hybridized carbons (Fsp3) is 0.500. The third kappa shape index (κ3) is 11.4. The van der Waals surface area contributed by atoms with Crippen LogP contribution in [0, 0.1) is 29.6 Å². The Balaban J connectivity index is 0.000000513. The number of hydrogen-bond donors (Lipinski definition) is 4. The standard InChI is InChI=1S/C14H30O2.2C7H6O2/c1-8(2)12(11(7)15)13(9(3)4)14(16)10(5)6;2*8-7(9)6-4-2-1-3-5-6/h8-16H,1-7H3;2*1-5H,(H,8,9). The molecule has 0 radical (unpaired) electrons. The van der Waals surface area contributed by atoms with E-state index in [4.69, 9.17) is 10.2 Å². The first-order valence-corrected chi connectivity index (χ1v) is 11.7. The van der Waals surface area contributed by atoms with E-state index in [9.17, 15) is 19.8 Å². The second-order valence-corrected chi connectivity index (χ2v) is 9.46. The third-order valence-electron chi connectivity index (χ3n) is 5.66. The van der Waals surface area contributed by atoms with Crippen LogP contribution in [0.5, 0.6) is 0 Å². The largest absolute Gasteiger partial charge is 0.478 e. The summed E-state index contributed by atoms with van der Waals surface area (Å²) >= 11 is 0. The maximum atomic E-state index is 10.3. The molecule has 6 heteroatoms. The zero-order chi connectivity index (χ0) is 26.4. The number of rotatable bonds is 8. The highest BCUT2D eigenvalue weighted by Gasteiger charge is 2.36. The third-order valence-corrected chi connectivity index (χ3v) is 5.66. The summed E-state index contributed by atoms with van der Waals surface area (Å²) < 4.78 is 0. The van der Waals surface area contributed by atoms with Gasteiger partial charge in [0.15, 0.2) is 0 Å². The Bertz CT molecular complexity index is 758. The monoisotopic (exact) mass is 474 g/mol. The van der Waals surface area contributed by atoms with Crippen molar-refractivity contribution in [3.63, 3.8) is 0 Å². The van der Waals surface area contributed by atoms with Crippen molar-refractivity contribution in [2.75, 3.05) is 0 Å². The predicted octanol–water partition coefficient (Wildman–Crippen LogP) is 5.70. The van der Waals surface area contributed by atoms with Gasteiger partial charge < -0.3 is 20.4 Å². The van der Waals surface area contributed by atoms with Gasteiger partial charge in [-0.3, -0.25) is 0 Å². The van der Waals surface area contributed by atoms with Gasteiger partial charge >= 0.3 is 11.9 Å². The van der Waals surface area contributed by atoms with Crippen molar-refractivity contribution in [1.82, 2.24) is 0 Å². The maximum absolute atomic E-state index is 10.3. The van der Waals surface area contributed by atoms with E-state index >= 15 is 0 Å². The fourth-order valence-corrected chi connectivity index (χ4v) is 4.00. The lowest BCUT2D eigenvalue weighted by Crippen LogP contribution is -2.42. The topological polar surface area (TPSA) is 115 Å². The molecule has 2 rings (SSSR count). The van der Waals surface area contributed by atoms with Crippen LogP contribution in [0.3, 0.4) is 0 Å². The molecule has 0 bridgehead atoms. The minimum atomic E-state index is -0.879. The summed E-state index contributed by atoms with van der Waals surface area (Å²) in [5.74, 6) is -0.406. The average Bonchev–Trinajstić information content (AvgIpc) is 2.78. The minimum Gasteiger partial charge on any atom is -0.478 e. The molecule has 4 N–H and O–H groups in total. The van der Waals surface area contributed by atoms with Crippen molar-refractivity contribution in [2.45, 2.75) is 60.7 Å². The molecule has 34 heavy (non-hydrogen) atoms. The Kier molecular flexibility index (Phi) is 14.7. The second-order valence-electron chi connectivity index (χ2n) is 9.46. The highest BCUT2D eigenvalue weighted by Crippen LogP contribution is 2.35. The van der Waals surface area contributed by atoms with Crippen molar-refractivity contribution in [3.05, 3.63) is 71.8 Å². The normalized spacial score (nSPS) is 14.2. The molecule has 190 valence electrons. The van der Waals surface area contributed by atoms with Crippen molar-refractivity contribution in [2.24, 2.45) is 29.6 Å². The summed E-state index contributed by atoms with van der Waals surface area (Å²) in [6, 6.07) is 16.6. The molecule has 0 aliphatic heterocycles. The Morgan fingerprint density at radius 2 is 0.882 bits per heavy atom. The number of carboxylic acids is 2. The maximum Gasteiger partial charge on any atom is 0.335 e. The number of carbonyl (C=O) groups is 2.